The first-order chi connectivity index (χ1) is 8.16. The number of nitrogens with zero attached hydrogens (tertiary/aromatic N) is 1. The molecule has 0 fully saturated rings. The van der Waals surface area contributed by atoms with Crippen molar-refractivity contribution in [2.75, 3.05) is 0 Å². The van der Waals surface area contributed by atoms with E-state index in [0.717, 1.165) is 17.2 Å². The third-order valence-electron chi connectivity index (χ3n) is 2.54. The summed E-state index contributed by atoms with van der Waals surface area (Å²) in [6.07, 6.45) is 0. The Morgan fingerprint density at radius 1 is 1.24 bits per heavy atom. The lowest BCUT2D eigenvalue weighted by atomic mass is 10.2. The summed E-state index contributed by atoms with van der Waals surface area (Å²) in [6, 6.07) is 11.0. The normalized spacial score (nSPS) is 11.1. The molecule has 0 aliphatic heterocycles. The van der Waals surface area contributed by atoms with Crippen LogP contribution in [0.25, 0.3) is 10.4 Å². The number of benzene rings is 1. The first-order valence-electron chi connectivity index (χ1n) is 5.92. The topological polar surface area (TPSA) is 24.9 Å². The van der Waals surface area contributed by atoms with Gasteiger partial charge in [-0.25, -0.2) is 4.98 Å². The molecule has 0 atom stereocenters. The maximum Gasteiger partial charge on any atom is 0.107 e. The number of thiazole rings is 1. The number of aromatic nitrogens is 1. The summed E-state index contributed by atoms with van der Waals surface area (Å²) in [6.45, 7) is 7.24. The van der Waals surface area contributed by atoms with E-state index in [1.54, 1.807) is 11.3 Å². The molecule has 90 valence electrons. The van der Waals surface area contributed by atoms with E-state index in [1.165, 1.54) is 10.4 Å². The van der Waals surface area contributed by atoms with Gasteiger partial charge in [0.2, 0.25) is 0 Å². The van der Waals surface area contributed by atoms with E-state index in [-0.39, 0.29) is 0 Å². The Balaban J connectivity index is 2.20. The van der Waals surface area contributed by atoms with Gasteiger partial charge < -0.3 is 5.32 Å². The minimum Gasteiger partial charge on any atom is -0.308 e. The van der Waals surface area contributed by atoms with Crippen molar-refractivity contribution in [3.05, 3.63) is 41.0 Å². The number of hydrogen-bond acceptors (Lipinski definition) is 3. The van der Waals surface area contributed by atoms with Crippen molar-refractivity contribution >= 4 is 11.3 Å². The molecule has 0 spiro atoms. The average molecular weight is 246 g/mol. The zero-order valence-corrected chi connectivity index (χ0v) is 11.3. The summed E-state index contributed by atoms with van der Waals surface area (Å²) in [5, 5.41) is 4.56. The van der Waals surface area contributed by atoms with Crippen molar-refractivity contribution in [2.24, 2.45) is 0 Å². The van der Waals surface area contributed by atoms with E-state index in [0.29, 0.717) is 6.04 Å². The Morgan fingerprint density at radius 3 is 2.59 bits per heavy atom. The van der Waals surface area contributed by atoms with Gasteiger partial charge in [-0.1, -0.05) is 44.2 Å². The first-order valence-corrected chi connectivity index (χ1v) is 6.73. The average Bonchev–Trinajstić information content (AvgIpc) is 2.69. The van der Waals surface area contributed by atoms with Crippen LogP contribution in [0.4, 0.5) is 0 Å². The van der Waals surface area contributed by atoms with Crippen molar-refractivity contribution < 1.29 is 0 Å². The highest BCUT2D eigenvalue weighted by Gasteiger charge is 2.09. The minimum atomic E-state index is 0.499. The monoisotopic (exact) mass is 246 g/mol. The fourth-order valence-corrected chi connectivity index (χ4v) is 2.70. The molecule has 1 N–H and O–H groups in total. The van der Waals surface area contributed by atoms with Crippen LogP contribution in [0.2, 0.25) is 0 Å². The second-order valence-corrected chi connectivity index (χ2v) is 5.51. The van der Waals surface area contributed by atoms with Crippen LogP contribution in [-0.2, 0) is 6.54 Å². The largest absolute Gasteiger partial charge is 0.308 e. The molecule has 1 heterocycles. The maximum absolute atomic E-state index is 4.61. The highest BCUT2D eigenvalue weighted by Crippen LogP contribution is 2.29. The lowest BCUT2D eigenvalue weighted by molar-refractivity contribution is 0.587. The second-order valence-electron chi connectivity index (χ2n) is 4.42. The molecular weight excluding hydrogens is 228 g/mol. The molecule has 0 aliphatic rings. The minimum absolute atomic E-state index is 0.499. The van der Waals surface area contributed by atoms with E-state index in [9.17, 15) is 0 Å². The molecule has 0 bridgehead atoms. The van der Waals surface area contributed by atoms with Gasteiger partial charge in [-0.3, -0.25) is 0 Å². The zero-order chi connectivity index (χ0) is 12.3. The quantitative estimate of drug-likeness (QED) is 0.891. The summed E-state index contributed by atoms with van der Waals surface area (Å²) in [7, 11) is 0. The van der Waals surface area contributed by atoms with E-state index < -0.39 is 0 Å². The Hall–Kier alpha value is -1.19. The molecule has 0 radical (unpaired) electrons. The van der Waals surface area contributed by atoms with Gasteiger partial charge in [0.05, 0.1) is 10.6 Å². The molecule has 17 heavy (non-hydrogen) atoms. The van der Waals surface area contributed by atoms with E-state index in [4.69, 9.17) is 0 Å². The van der Waals surface area contributed by atoms with Crippen molar-refractivity contribution in [3.63, 3.8) is 0 Å². The molecular formula is C14H18N2S. The summed E-state index contributed by atoms with van der Waals surface area (Å²) in [5.41, 5.74) is 2.39. The fourth-order valence-electron chi connectivity index (χ4n) is 1.68. The number of hydrogen-bond donors (Lipinski definition) is 1. The van der Waals surface area contributed by atoms with E-state index in [1.807, 2.05) is 6.07 Å². The smallest absolute Gasteiger partial charge is 0.107 e. The lowest BCUT2D eigenvalue weighted by Gasteiger charge is -2.04. The van der Waals surface area contributed by atoms with Crippen LogP contribution in [0.15, 0.2) is 30.3 Å². The molecule has 0 unspecified atom stereocenters. The van der Waals surface area contributed by atoms with Gasteiger partial charge in [0.1, 0.15) is 5.01 Å². The Kier molecular flexibility index (Phi) is 3.92. The third-order valence-corrected chi connectivity index (χ3v) is 3.74. The summed E-state index contributed by atoms with van der Waals surface area (Å²) in [4.78, 5) is 5.90. The molecule has 1 aromatic heterocycles. The SMILES string of the molecule is Cc1nc(CNC(C)C)sc1-c1ccccc1. The van der Waals surface area contributed by atoms with Gasteiger partial charge >= 0.3 is 0 Å². The van der Waals surface area contributed by atoms with E-state index in [2.05, 4.69) is 55.3 Å². The molecule has 0 aliphatic carbocycles. The van der Waals surface area contributed by atoms with Crippen LogP contribution in [-0.4, -0.2) is 11.0 Å². The van der Waals surface area contributed by atoms with Crippen molar-refractivity contribution in [3.8, 4) is 10.4 Å². The van der Waals surface area contributed by atoms with Crippen molar-refractivity contribution in [1.29, 1.82) is 0 Å². The highest BCUT2D eigenvalue weighted by molar-refractivity contribution is 7.15. The molecule has 2 rings (SSSR count). The molecule has 1 aromatic carbocycles. The predicted octanol–water partition coefficient (Wildman–Crippen LogP) is 3.62. The fraction of sp³-hybridized carbons (Fsp3) is 0.357. The van der Waals surface area contributed by atoms with Crippen LogP contribution >= 0.6 is 11.3 Å². The zero-order valence-electron chi connectivity index (χ0n) is 10.5. The third kappa shape index (κ3) is 3.14. The van der Waals surface area contributed by atoms with Crippen LogP contribution in [0.1, 0.15) is 24.5 Å². The first kappa shape index (κ1) is 12.3. The Labute approximate surface area is 107 Å². The van der Waals surface area contributed by atoms with Gasteiger partial charge in [0, 0.05) is 12.6 Å². The van der Waals surface area contributed by atoms with Gasteiger partial charge in [0.25, 0.3) is 0 Å². The molecule has 0 saturated carbocycles. The lowest BCUT2D eigenvalue weighted by Crippen LogP contribution is -2.21. The summed E-state index contributed by atoms with van der Waals surface area (Å²) in [5.74, 6) is 0. The van der Waals surface area contributed by atoms with Crippen molar-refractivity contribution in [1.82, 2.24) is 10.3 Å². The molecule has 2 aromatic rings. The predicted molar refractivity (Wildman–Crippen MR) is 74.3 cm³/mol. The van der Waals surface area contributed by atoms with Gasteiger partial charge in [-0.2, -0.15) is 0 Å². The van der Waals surface area contributed by atoms with Gasteiger partial charge in [0.15, 0.2) is 0 Å². The second kappa shape index (κ2) is 5.43. The number of aryl methyl sites for hydroxylation is 1. The maximum atomic E-state index is 4.61. The Morgan fingerprint density at radius 2 is 1.94 bits per heavy atom. The number of rotatable bonds is 4. The molecule has 0 saturated heterocycles. The van der Waals surface area contributed by atoms with Crippen LogP contribution < -0.4 is 5.32 Å². The summed E-state index contributed by atoms with van der Waals surface area (Å²) >= 11 is 1.78. The van der Waals surface area contributed by atoms with Crippen LogP contribution in [0, 0.1) is 6.92 Å². The summed E-state index contributed by atoms with van der Waals surface area (Å²) < 4.78 is 0. The number of nitrogens with one attached hydrogen (secondary N) is 1. The standard InChI is InChI=1S/C14H18N2S/c1-10(2)15-9-13-16-11(3)14(17-13)12-7-5-4-6-8-12/h4-8,10,15H,9H2,1-3H3. The highest BCUT2D eigenvalue weighted by atomic mass is 32.1. The molecule has 0 amide bonds. The van der Waals surface area contributed by atoms with Gasteiger partial charge in [-0.15, -0.1) is 11.3 Å². The Bertz CT molecular complexity index is 474. The van der Waals surface area contributed by atoms with Crippen LogP contribution in [0.3, 0.4) is 0 Å². The molecule has 2 nitrogen and oxygen atoms in total. The van der Waals surface area contributed by atoms with Crippen molar-refractivity contribution in [2.45, 2.75) is 33.4 Å². The molecule has 3 heteroatoms. The van der Waals surface area contributed by atoms with E-state index >= 15 is 0 Å². The van der Waals surface area contributed by atoms with Gasteiger partial charge in [-0.05, 0) is 12.5 Å². The van der Waals surface area contributed by atoms with Crippen LogP contribution in [0.5, 0.6) is 0 Å².